The van der Waals surface area contributed by atoms with Gasteiger partial charge in [-0.05, 0) is 0 Å². The third kappa shape index (κ3) is 2.68. The summed E-state index contributed by atoms with van der Waals surface area (Å²) in [6, 6.07) is 0.603. The molecule has 11 heteroatoms. The van der Waals surface area contributed by atoms with Crippen LogP contribution in [0.2, 0.25) is 0 Å². The molecule has 0 radical (unpaired) electrons. The lowest BCUT2D eigenvalue weighted by Crippen LogP contribution is -2.18. The van der Waals surface area contributed by atoms with Gasteiger partial charge in [0.1, 0.15) is 5.69 Å². The van der Waals surface area contributed by atoms with Gasteiger partial charge in [-0.1, -0.05) is 0 Å². The van der Waals surface area contributed by atoms with Crippen molar-refractivity contribution in [3.63, 3.8) is 0 Å². The molecule has 0 spiro atoms. The van der Waals surface area contributed by atoms with Crippen molar-refractivity contribution in [3.8, 4) is 5.88 Å². The van der Waals surface area contributed by atoms with E-state index in [1.165, 1.54) is 0 Å². The van der Waals surface area contributed by atoms with Gasteiger partial charge in [0.2, 0.25) is 15.9 Å². The zero-order valence-electron chi connectivity index (χ0n) is 8.83. The molecule has 0 fully saturated rings. The van der Waals surface area contributed by atoms with Crippen LogP contribution in [0, 0.1) is 10.1 Å². The summed E-state index contributed by atoms with van der Waals surface area (Å²) in [4.78, 5) is 11.4. The van der Waals surface area contributed by atoms with Crippen LogP contribution in [0.5, 0.6) is 5.88 Å². The topological polar surface area (TPSA) is 125 Å². The van der Waals surface area contributed by atoms with Gasteiger partial charge < -0.3 is 4.74 Å². The normalized spacial score (nSPS) is 11.6. The van der Waals surface area contributed by atoms with Crippen molar-refractivity contribution in [3.05, 3.63) is 21.9 Å². The maximum Gasteiger partial charge on any atom is 0.296 e. The van der Waals surface area contributed by atoms with Gasteiger partial charge in [0, 0.05) is 0 Å². The molecule has 0 aromatic carbocycles. The smallest absolute Gasteiger partial charge is 0.296 e. The van der Waals surface area contributed by atoms with E-state index < -0.39 is 43.5 Å². The van der Waals surface area contributed by atoms with Crippen molar-refractivity contribution in [2.45, 2.75) is 11.3 Å². The van der Waals surface area contributed by atoms with Gasteiger partial charge in [-0.15, -0.1) is 0 Å². The van der Waals surface area contributed by atoms with E-state index in [9.17, 15) is 27.3 Å². The van der Waals surface area contributed by atoms with Crippen LogP contribution in [0.25, 0.3) is 0 Å². The maximum absolute atomic E-state index is 12.7. The molecule has 1 aromatic rings. The number of pyridine rings is 1. The molecule has 1 heterocycles. The first-order chi connectivity index (χ1) is 8.18. The predicted octanol–water partition coefficient (Wildman–Crippen LogP) is 0.583. The highest BCUT2D eigenvalue weighted by Crippen LogP contribution is 2.34. The van der Waals surface area contributed by atoms with E-state index >= 15 is 0 Å². The molecule has 0 aliphatic carbocycles. The molecule has 0 aliphatic rings. The molecule has 0 saturated heterocycles. The molecule has 1 rings (SSSR count). The minimum atomic E-state index is -4.72. The van der Waals surface area contributed by atoms with E-state index in [-0.39, 0.29) is 0 Å². The number of sulfonamides is 1. The van der Waals surface area contributed by atoms with Crippen LogP contribution in [-0.2, 0) is 10.0 Å². The Labute approximate surface area is 99.6 Å². The van der Waals surface area contributed by atoms with Gasteiger partial charge in [-0.25, -0.2) is 27.3 Å². The van der Waals surface area contributed by atoms with Gasteiger partial charge in [-0.3, -0.25) is 10.1 Å². The fourth-order valence-corrected chi connectivity index (χ4v) is 2.05. The molecular weight excluding hydrogens is 276 g/mol. The Bertz CT molecular complexity index is 589. The Kier molecular flexibility index (Phi) is 3.76. The number of nitrogens with zero attached hydrogens (tertiary/aromatic N) is 2. The number of halogens is 2. The molecular formula is C7H7F2N3O5S. The van der Waals surface area contributed by atoms with Gasteiger partial charge in [0.15, 0.2) is 4.90 Å². The van der Waals surface area contributed by atoms with Crippen LogP contribution in [-0.4, -0.2) is 25.4 Å². The summed E-state index contributed by atoms with van der Waals surface area (Å²) < 4.78 is 52.1. The SMILES string of the molecule is COc1cc([N+](=O)[O-])c(S(N)(=O)=O)c(C(F)F)n1. The molecule has 2 N–H and O–H groups in total. The highest BCUT2D eigenvalue weighted by molar-refractivity contribution is 7.89. The highest BCUT2D eigenvalue weighted by atomic mass is 32.2. The summed E-state index contributed by atoms with van der Waals surface area (Å²) in [6.45, 7) is 0. The Hall–Kier alpha value is -1.88. The third-order valence-electron chi connectivity index (χ3n) is 1.85. The molecule has 18 heavy (non-hydrogen) atoms. The monoisotopic (exact) mass is 283 g/mol. The first-order valence-electron chi connectivity index (χ1n) is 4.22. The van der Waals surface area contributed by atoms with Crippen LogP contribution in [0.4, 0.5) is 14.5 Å². The summed E-state index contributed by atoms with van der Waals surface area (Å²) in [7, 11) is -3.68. The lowest BCUT2D eigenvalue weighted by molar-refractivity contribution is -0.388. The molecule has 0 atom stereocenters. The molecule has 0 saturated carbocycles. The van der Waals surface area contributed by atoms with Gasteiger partial charge in [0.25, 0.3) is 12.1 Å². The largest absolute Gasteiger partial charge is 0.481 e. The van der Waals surface area contributed by atoms with E-state index in [1.54, 1.807) is 0 Å². The lowest BCUT2D eigenvalue weighted by Gasteiger charge is -2.08. The number of methoxy groups -OCH3 is 1. The first kappa shape index (κ1) is 14.2. The summed E-state index contributed by atoms with van der Waals surface area (Å²) in [5.41, 5.74) is -2.43. The minimum absolute atomic E-state index is 0.510. The summed E-state index contributed by atoms with van der Waals surface area (Å²) in [6.07, 6.45) is -3.35. The average Bonchev–Trinajstić information content (AvgIpc) is 2.25. The van der Waals surface area contributed by atoms with Crippen LogP contribution in [0.15, 0.2) is 11.0 Å². The zero-order chi connectivity index (χ0) is 14.1. The Morgan fingerprint density at radius 1 is 1.56 bits per heavy atom. The summed E-state index contributed by atoms with van der Waals surface area (Å²) in [5.74, 6) is -0.510. The van der Waals surface area contributed by atoms with Crippen LogP contribution >= 0.6 is 0 Å². The number of nitrogens with two attached hydrogens (primary N) is 1. The van der Waals surface area contributed by atoms with E-state index in [0.717, 1.165) is 7.11 Å². The number of rotatable bonds is 4. The fraction of sp³-hybridized carbons (Fsp3) is 0.286. The Morgan fingerprint density at radius 3 is 2.44 bits per heavy atom. The lowest BCUT2D eigenvalue weighted by atomic mass is 10.3. The molecule has 0 amide bonds. The molecule has 1 aromatic heterocycles. The Morgan fingerprint density at radius 2 is 2.11 bits per heavy atom. The highest BCUT2D eigenvalue weighted by Gasteiger charge is 2.33. The van der Waals surface area contributed by atoms with Crippen LogP contribution < -0.4 is 9.88 Å². The molecule has 0 bridgehead atoms. The molecule has 0 aliphatic heterocycles. The van der Waals surface area contributed by atoms with Gasteiger partial charge in [0.05, 0.1) is 18.1 Å². The number of aromatic nitrogens is 1. The van der Waals surface area contributed by atoms with Crippen molar-refractivity contribution in [1.29, 1.82) is 0 Å². The second-order valence-corrected chi connectivity index (χ2v) is 4.50. The molecule has 100 valence electrons. The van der Waals surface area contributed by atoms with E-state index in [4.69, 9.17) is 0 Å². The second kappa shape index (κ2) is 4.78. The average molecular weight is 283 g/mol. The third-order valence-corrected chi connectivity index (χ3v) is 2.84. The number of hydrogen-bond acceptors (Lipinski definition) is 6. The predicted molar refractivity (Wildman–Crippen MR) is 53.8 cm³/mol. The van der Waals surface area contributed by atoms with Crippen LogP contribution in [0.3, 0.4) is 0 Å². The first-order valence-corrected chi connectivity index (χ1v) is 5.77. The van der Waals surface area contributed by atoms with Crippen molar-refractivity contribution in [1.82, 2.24) is 4.98 Å². The minimum Gasteiger partial charge on any atom is -0.481 e. The second-order valence-electron chi connectivity index (χ2n) is 3.00. The van der Waals surface area contributed by atoms with E-state index in [0.29, 0.717) is 6.07 Å². The number of primary sulfonamides is 1. The van der Waals surface area contributed by atoms with Crippen molar-refractivity contribution >= 4 is 15.7 Å². The quantitative estimate of drug-likeness (QED) is 0.636. The van der Waals surface area contributed by atoms with Crippen molar-refractivity contribution in [2.24, 2.45) is 5.14 Å². The number of alkyl halides is 2. The van der Waals surface area contributed by atoms with Crippen molar-refractivity contribution in [2.75, 3.05) is 7.11 Å². The Balaban J connectivity index is 3.78. The van der Waals surface area contributed by atoms with E-state index in [1.807, 2.05) is 0 Å². The van der Waals surface area contributed by atoms with Gasteiger partial charge in [-0.2, -0.15) is 0 Å². The number of nitro groups is 1. The number of ether oxygens (including phenoxy) is 1. The van der Waals surface area contributed by atoms with Crippen LogP contribution in [0.1, 0.15) is 12.1 Å². The van der Waals surface area contributed by atoms with Crippen molar-refractivity contribution < 1.29 is 26.9 Å². The summed E-state index contributed by atoms with van der Waals surface area (Å²) >= 11 is 0. The zero-order valence-corrected chi connectivity index (χ0v) is 9.65. The molecule has 0 unspecified atom stereocenters. The number of hydrogen-bond donors (Lipinski definition) is 1. The standard InChI is InChI=1S/C7H7F2N3O5S/c1-17-4-2-3(12(13)14)6(18(10,15)16)5(11-4)7(8)9/h2,7H,1H3,(H2,10,15,16). The fourth-order valence-electron chi connectivity index (χ4n) is 1.20. The molecule has 8 nitrogen and oxygen atoms in total. The van der Waals surface area contributed by atoms with E-state index in [2.05, 4.69) is 14.9 Å². The van der Waals surface area contributed by atoms with Gasteiger partial charge >= 0.3 is 0 Å². The summed E-state index contributed by atoms with van der Waals surface area (Å²) in [5, 5.41) is 15.3. The maximum atomic E-state index is 12.7.